The van der Waals surface area contributed by atoms with Crippen LogP contribution in [-0.4, -0.2) is 0 Å². The van der Waals surface area contributed by atoms with Crippen molar-refractivity contribution in [3.05, 3.63) is 34.6 Å². The van der Waals surface area contributed by atoms with Gasteiger partial charge < -0.3 is 0 Å². The van der Waals surface area contributed by atoms with Crippen molar-refractivity contribution in [3.63, 3.8) is 0 Å². The summed E-state index contributed by atoms with van der Waals surface area (Å²) in [5.74, 6) is -3.51. The van der Waals surface area contributed by atoms with Crippen LogP contribution in [0, 0.1) is 22.8 Å². The van der Waals surface area contributed by atoms with Gasteiger partial charge in [0.25, 0.3) is 0 Å². The van der Waals surface area contributed by atoms with Crippen LogP contribution in [0.3, 0.4) is 0 Å². The highest BCUT2D eigenvalue weighted by molar-refractivity contribution is 5.46. The number of nitrogens with zero attached hydrogens (tertiary/aromatic N) is 2. The molecule has 2 nitrogen and oxygen atoms in total. The minimum absolute atomic E-state index is 0.429. The highest BCUT2D eigenvalue weighted by Crippen LogP contribution is 2.22. The van der Waals surface area contributed by atoms with Gasteiger partial charge >= 0.3 is 5.69 Å². The maximum atomic E-state index is 12.4. The third-order valence-corrected chi connectivity index (χ3v) is 1.08. The first-order valence-electron chi connectivity index (χ1n) is 2.65. The molecule has 1 rings (SSSR count). The molecular weight excluding hydrogens is 157 g/mol. The van der Waals surface area contributed by atoms with E-state index < -0.39 is 23.1 Å². The molecule has 0 bridgehead atoms. The first-order chi connectivity index (χ1) is 5.15. The molecule has 0 atom stereocenters. The van der Waals surface area contributed by atoms with Gasteiger partial charge in [0, 0.05) is 12.1 Å². The van der Waals surface area contributed by atoms with Crippen LogP contribution < -0.4 is 0 Å². The Kier molecular flexibility index (Phi) is 1.77. The summed E-state index contributed by atoms with van der Waals surface area (Å²) in [6, 6.07) is 0.857. The minimum Gasteiger partial charge on any atom is -0.207 e. The molecule has 56 valence electrons. The molecule has 0 radical (unpaired) electrons. The van der Waals surface area contributed by atoms with Crippen LogP contribution in [0.1, 0.15) is 0 Å². The summed E-state index contributed by atoms with van der Waals surface area (Å²) in [4.78, 5) is 2.29. The fourth-order valence-corrected chi connectivity index (χ4v) is 0.630. The Morgan fingerprint density at radius 2 is 1.55 bits per heavy atom. The Bertz CT molecular complexity index is 306. The number of hydrogen-bond donors (Lipinski definition) is 0. The van der Waals surface area contributed by atoms with Crippen molar-refractivity contribution in [2.45, 2.75) is 0 Å². The Hall–Kier alpha value is -1.57. The van der Waals surface area contributed by atoms with Crippen LogP contribution in [0.5, 0.6) is 0 Å². The lowest BCUT2D eigenvalue weighted by Crippen LogP contribution is -1.83. The lowest BCUT2D eigenvalue weighted by Gasteiger charge is -1.86. The molecule has 0 heterocycles. The van der Waals surface area contributed by atoms with Crippen molar-refractivity contribution in [3.8, 4) is 0 Å². The van der Waals surface area contributed by atoms with Crippen LogP contribution in [0.4, 0.5) is 18.9 Å². The molecule has 11 heavy (non-hydrogen) atoms. The summed E-state index contributed by atoms with van der Waals surface area (Å²) in [6.45, 7) is 0. The molecule has 5 heteroatoms. The monoisotopic (exact) mass is 159 g/mol. The average molecular weight is 159 g/mol. The second-order valence-corrected chi connectivity index (χ2v) is 1.82. The van der Waals surface area contributed by atoms with Crippen molar-refractivity contribution in [1.82, 2.24) is 0 Å². The number of diazo groups is 1. The maximum absolute atomic E-state index is 12.4. The quantitative estimate of drug-likeness (QED) is 0.534. The highest BCUT2D eigenvalue weighted by Gasteiger charge is 2.22. The second kappa shape index (κ2) is 2.58. The number of rotatable bonds is 0. The average Bonchev–Trinajstić information content (AvgIpc) is 1.85. The smallest absolute Gasteiger partial charge is 0.207 e. The van der Waals surface area contributed by atoms with Crippen LogP contribution in [0.25, 0.3) is 4.98 Å². The van der Waals surface area contributed by atoms with Crippen LogP contribution in [-0.2, 0) is 0 Å². The van der Waals surface area contributed by atoms with E-state index in [2.05, 4.69) is 4.98 Å². The largest absolute Gasteiger partial charge is 0.455 e. The molecule has 1 aromatic carbocycles. The Labute approximate surface area is 59.9 Å². The fourth-order valence-electron chi connectivity index (χ4n) is 0.630. The standard InChI is InChI=1S/C6H2F3N2/c7-3-1-4(8)6(11-10)5(9)2-3/h1-2H/q+1. The van der Waals surface area contributed by atoms with Gasteiger partial charge in [0.2, 0.25) is 17.0 Å². The molecule has 0 saturated carbocycles. The normalized spacial score (nSPS) is 9.27. The zero-order chi connectivity index (χ0) is 8.43. The number of hydrogen-bond acceptors (Lipinski definition) is 1. The molecule has 0 saturated heterocycles. The molecule has 0 aliphatic heterocycles. The summed E-state index contributed by atoms with van der Waals surface area (Å²) in [6.07, 6.45) is 0. The zero-order valence-electron chi connectivity index (χ0n) is 5.18. The maximum Gasteiger partial charge on any atom is 0.455 e. The predicted molar refractivity (Wildman–Crippen MR) is 31.1 cm³/mol. The van der Waals surface area contributed by atoms with Crippen LogP contribution in [0.15, 0.2) is 12.1 Å². The first kappa shape index (κ1) is 7.54. The Morgan fingerprint density at radius 1 is 1.09 bits per heavy atom. The molecule has 0 aromatic heterocycles. The van der Waals surface area contributed by atoms with E-state index in [0.717, 1.165) is 0 Å². The van der Waals surface area contributed by atoms with Gasteiger partial charge in [-0.05, 0) is 0 Å². The van der Waals surface area contributed by atoms with E-state index in [0.29, 0.717) is 12.1 Å². The number of benzene rings is 1. The first-order valence-corrected chi connectivity index (χ1v) is 2.65. The highest BCUT2D eigenvalue weighted by atomic mass is 19.1. The summed E-state index contributed by atoms with van der Waals surface area (Å²) in [5, 5.41) is 8.01. The fraction of sp³-hybridized carbons (Fsp3) is 0. The van der Waals surface area contributed by atoms with Crippen molar-refractivity contribution in [1.29, 1.82) is 5.39 Å². The lowest BCUT2D eigenvalue weighted by molar-refractivity contribution is 0.550. The van der Waals surface area contributed by atoms with E-state index in [4.69, 9.17) is 5.39 Å². The predicted octanol–water partition coefficient (Wildman–Crippen LogP) is 2.59. The Balaban J connectivity index is 3.40. The van der Waals surface area contributed by atoms with Gasteiger partial charge in [-0.25, -0.2) is 4.39 Å². The van der Waals surface area contributed by atoms with Crippen LogP contribution >= 0.6 is 0 Å². The summed E-state index contributed by atoms with van der Waals surface area (Å²) in [7, 11) is 0. The molecule has 0 fully saturated rings. The van der Waals surface area contributed by atoms with Gasteiger partial charge in [-0.15, -0.1) is 0 Å². The van der Waals surface area contributed by atoms with E-state index >= 15 is 0 Å². The number of halogens is 3. The third kappa shape index (κ3) is 1.29. The lowest BCUT2D eigenvalue weighted by atomic mass is 10.3. The molecule has 0 aliphatic carbocycles. The van der Waals surface area contributed by atoms with Crippen LogP contribution in [0.2, 0.25) is 0 Å². The summed E-state index contributed by atoms with van der Waals surface area (Å²) in [5.41, 5.74) is -0.883. The Morgan fingerprint density at radius 3 is 1.91 bits per heavy atom. The summed E-state index contributed by atoms with van der Waals surface area (Å²) < 4.78 is 36.9. The SMILES string of the molecule is N#[N+]c1c(F)cc(F)cc1F. The molecule has 0 spiro atoms. The molecule has 0 N–H and O–H groups in total. The van der Waals surface area contributed by atoms with E-state index in [1.54, 1.807) is 0 Å². The topological polar surface area (TPSA) is 28.1 Å². The van der Waals surface area contributed by atoms with Gasteiger partial charge in [0.1, 0.15) is 5.82 Å². The van der Waals surface area contributed by atoms with Gasteiger partial charge in [-0.1, -0.05) is 0 Å². The third-order valence-electron chi connectivity index (χ3n) is 1.08. The molecule has 0 amide bonds. The van der Waals surface area contributed by atoms with Crippen molar-refractivity contribution >= 4 is 5.69 Å². The van der Waals surface area contributed by atoms with Gasteiger partial charge in [0.15, 0.2) is 4.98 Å². The van der Waals surface area contributed by atoms with Gasteiger partial charge in [-0.3, -0.25) is 0 Å². The molecule has 0 aliphatic rings. The minimum atomic E-state index is -1.23. The van der Waals surface area contributed by atoms with Crippen molar-refractivity contribution in [2.24, 2.45) is 0 Å². The molecular formula is C6H2F3N2+. The van der Waals surface area contributed by atoms with Crippen molar-refractivity contribution < 1.29 is 13.2 Å². The van der Waals surface area contributed by atoms with E-state index in [1.807, 2.05) is 0 Å². The zero-order valence-corrected chi connectivity index (χ0v) is 5.18. The summed E-state index contributed by atoms with van der Waals surface area (Å²) >= 11 is 0. The molecule has 0 unspecified atom stereocenters. The van der Waals surface area contributed by atoms with E-state index in [9.17, 15) is 13.2 Å². The van der Waals surface area contributed by atoms with Gasteiger partial charge in [0.05, 0.1) is 0 Å². The molecule has 1 aromatic rings. The van der Waals surface area contributed by atoms with E-state index in [1.165, 1.54) is 0 Å². The van der Waals surface area contributed by atoms with Gasteiger partial charge in [-0.2, -0.15) is 8.78 Å². The second-order valence-electron chi connectivity index (χ2n) is 1.82. The van der Waals surface area contributed by atoms with E-state index in [-0.39, 0.29) is 0 Å². The van der Waals surface area contributed by atoms with Crippen molar-refractivity contribution in [2.75, 3.05) is 0 Å².